The second kappa shape index (κ2) is 7.33. The highest BCUT2D eigenvalue weighted by atomic mass is 15.1. The van der Waals surface area contributed by atoms with Gasteiger partial charge in [0, 0.05) is 11.7 Å². The van der Waals surface area contributed by atoms with E-state index in [0.717, 1.165) is 12.2 Å². The fraction of sp³-hybridized carbons (Fsp3) is 0.600. The molecule has 0 aliphatic heterocycles. The Balaban J connectivity index is 2.43. The van der Waals surface area contributed by atoms with Crippen molar-refractivity contribution >= 4 is 5.69 Å². The van der Waals surface area contributed by atoms with Gasteiger partial charge in [-0.1, -0.05) is 38.3 Å². The van der Waals surface area contributed by atoms with Crippen LogP contribution in [0.15, 0.2) is 24.3 Å². The lowest BCUT2D eigenvalue weighted by Gasteiger charge is -2.25. The summed E-state index contributed by atoms with van der Waals surface area (Å²) < 4.78 is 0. The molecule has 0 saturated carbocycles. The maximum Gasteiger partial charge on any atom is 0.0317 e. The van der Waals surface area contributed by atoms with E-state index in [9.17, 15) is 0 Å². The van der Waals surface area contributed by atoms with Crippen LogP contribution in [0.3, 0.4) is 0 Å². The van der Waals surface area contributed by atoms with Crippen molar-refractivity contribution in [3.8, 4) is 0 Å². The third-order valence-electron chi connectivity index (χ3n) is 3.42. The molecule has 0 heterocycles. The molecule has 1 aromatic rings. The summed E-state index contributed by atoms with van der Waals surface area (Å²) >= 11 is 0. The van der Waals surface area contributed by atoms with E-state index in [1.54, 1.807) is 0 Å². The highest BCUT2D eigenvalue weighted by Gasteiger charge is 2.10. The summed E-state index contributed by atoms with van der Waals surface area (Å²) in [5.74, 6) is 0. The first kappa shape index (κ1) is 14.0. The van der Waals surface area contributed by atoms with Gasteiger partial charge in [0.1, 0.15) is 0 Å². The van der Waals surface area contributed by atoms with E-state index in [1.807, 2.05) is 12.1 Å². The van der Waals surface area contributed by atoms with Gasteiger partial charge in [0.2, 0.25) is 0 Å². The van der Waals surface area contributed by atoms with Crippen molar-refractivity contribution in [1.82, 2.24) is 4.90 Å². The summed E-state index contributed by atoms with van der Waals surface area (Å²) in [5.41, 5.74) is 7.98. The van der Waals surface area contributed by atoms with E-state index in [1.165, 1.54) is 31.2 Å². The molecular formula is C15H26N2. The molecule has 0 radical (unpaired) electrons. The molecule has 1 unspecified atom stereocenters. The number of nitrogens with zero attached hydrogens (tertiary/aromatic N) is 1. The molecule has 96 valence electrons. The number of rotatable bonds is 7. The van der Waals surface area contributed by atoms with Gasteiger partial charge in [0.05, 0.1) is 0 Å². The Labute approximate surface area is 106 Å². The lowest BCUT2D eigenvalue weighted by Crippen LogP contribution is -2.23. The first-order valence-corrected chi connectivity index (χ1v) is 6.70. The molecule has 0 saturated heterocycles. The van der Waals surface area contributed by atoms with Crippen LogP contribution in [0.2, 0.25) is 0 Å². The van der Waals surface area contributed by atoms with Crippen molar-refractivity contribution in [3.63, 3.8) is 0 Å². The second-order valence-electron chi connectivity index (χ2n) is 4.89. The zero-order chi connectivity index (χ0) is 12.7. The zero-order valence-electron chi connectivity index (χ0n) is 11.4. The van der Waals surface area contributed by atoms with Gasteiger partial charge in [-0.2, -0.15) is 0 Å². The second-order valence-corrected chi connectivity index (χ2v) is 4.89. The van der Waals surface area contributed by atoms with Gasteiger partial charge in [-0.05, 0) is 44.6 Å². The van der Waals surface area contributed by atoms with Crippen LogP contribution < -0.4 is 5.73 Å². The normalized spacial score (nSPS) is 12.9. The number of unbranched alkanes of at least 4 members (excludes halogenated alkanes) is 3. The first-order chi connectivity index (χ1) is 8.15. The summed E-state index contributed by atoms with van der Waals surface area (Å²) in [5, 5.41) is 0. The molecule has 1 aromatic carbocycles. The van der Waals surface area contributed by atoms with Crippen LogP contribution in [0, 0.1) is 0 Å². The number of nitrogen functional groups attached to an aromatic ring is 1. The van der Waals surface area contributed by atoms with Gasteiger partial charge in [-0.25, -0.2) is 0 Å². The average molecular weight is 234 g/mol. The monoisotopic (exact) mass is 234 g/mol. The molecule has 1 atom stereocenters. The molecule has 17 heavy (non-hydrogen) atoms. The minimum absolute atomic E-state index is 0.445. The Kier molecular flexibility index (Phi) is 6.06. The van der Waals surface area contributed by atoms with E-state index < -0.39 is 0 Å². The largest absolute Gasteiger partial charge is 0.399 e. The van der Waals surface area contributed by atoms with Crippen LogP contribution in [0.4, 0.5) is 5.69 Å². The fourth-order valence-electron chi connectivity index (χ4n) is 2.05. The standard InChI is InChI=1S/C15H26N2/c1-4-5-6-7-11-17(3)13(2)14-9-8-10-15(16)12-14/h8-10,12-13H,4-7,11,16H2,1-3H3. The number of anilines is 1. The van der Waals surface area contributed by atoms with Gasteiger partial charge in [0.25, 0.3) is 0 Å². The number of hydrogen-bond acceptors (Lipinski definition) is 2. The Morgan fingerprint density at radius 1 is 1.24 bits per heavy atom. The minimum atomic E-state index is 0.445. The van der Waals surface area contributed by atoms with Crippen molar-refractivity contribution in [1.29, 1.82) is 0 Å². The summed E-state index contributed by atoms with van der Waals surface area (Å²) in [6.07, 6.45) is 5.27. The van der Waals surface area contributed by atoms with Crippen LogP contribution in [-0.2, 0) is 0 Å². The van der Waals surface area contributed by atoms with Gasteiger partial charge < -0.3 is 5.73 Å². The van der Waals surface area contributed by atoms with Gasteiger partial charge in [-0.3, -0.25) is 4.90 Å². The molecule has 0 fully saturated rings. The van der Waals surface area contributed by atoms with Crippen molar-refractivity contribution in [2.75, 3.05) is 19.3 Å². The van der Waals surface area contributed by atoms with Crippen LogP contribution in [0.5, 0.6) is 0 Å². The molecule has 0 amide bonds. The summed E-state index contributed by atoms with van der Waals surface area (Å²) in [6.45, 7) is 5.66. The number of nitrogens with two attached hydrogens (primary N) is 1. The predicted molar refractivity (Wildman–Crippen MR) is 76.0 cm³/mol. The minimum Gasteiger partial charge on any atom is -0.399 e. The highest BCUT2D eigenvalue weighted by Crippen LogP contribution is 2.20. The Morgan fingerprint density at radius 3 is 2.65 bits per heavy atom. The average Bonchev–Trinajstić information content (AvgIpc) is 2.33. The predicted octanol–water partition coefficient (Wildman–Crippen LogP) is 3.84. The van der Waals surface area contributed by atoms with Gasteiger partial charge in [0.15, 0.2) is 0 Å². The molecule has 2 nitrogen and oxygen atoms in total. The van der Waals surface area contributed by atoms with Crippen LogP contribution >= 0.6 is 0 Å². The lowest BCUT2D eigenvalue weighted by molar-refractivity contribution is 0.255. The van der Waals surface area contributed by atoms with E-state index in [4.69, 9.17) is 5.73 Å². The Bertz CT molecular complexity index is 322. The van der Waals surface area contributed by atoms with E-state index in [0.29, 0.717) is 6.04 Å². The third kappa shape index (κ3) is 4.78. The number of hydrogen-bond donors (Lipinski definition) is 1. The third-order valence-corrected chi connectivity index (χ3v) is 3.42. The molecular weight excluding hydrogens is 208 g/mol. The molecule has 0 aromatic heterocycles. The molecule has 0 aliphatic rings. The molecule has 0 spiro atoms. The fourth-order valence-corrected chi connectivity index (χ4v) is 2.05. The maximum absolute atomic E-state index is 5.82. The van der Waals surface area contributed by atoms with Crippen LogP contribution in [-0.4, -0.2) is 18.5 Å². The van der Waals surface area contributed by atoms with Crippen LogP contribution in [0.1, 0.15) is 51.1 Å². The topological polar surface area (TPSA) is 29.3 Å². The highest BCUT2D eigenvalue weighted by molar-refractivity contribution is 5.41. The zero-order valence-corrected chi connectivity index (χ0v) is 11.4. The molecule has 2 N–H and O–H groups in total. The van der Waals surface area contributed by atoms with Crippen LogP contribution in [0.25, 0.3) is 0 Å². The quantitative estimate of drug-likeness (QED) is 0.573. The maximum atomic E-state index is 5.82. The molecule has 0 aliphatic carbocycles. The van der Waals surface area contributed by atoms with Crippen molar-refractivity contribution in [2.45, 2.75) is 45.6 Å². The Morgan fingerprint density at radius 2 is 2.00 bits per heavy atom. The van der Waals surface area contributed by atoms with E-state index in [-0.39, 0.29) is 0 Å². The van der Waals surface area contributed by atoms with E-state index in [2.05, 4.69) is 37.9 Å². The van der Waals surface area contributed by atoms with Crippen molar-refractivity contribution in [3.05, 3.63) is 29.8 Å². The van der Waals surface area contributed by atoms with E-state index >= 15 is 0 Å². The molecule has 2 heteroatoms. The lowest BCUT2D eigenvalue weighted by atomic mass is 10.1. The Hall–Kier alpha value is -1.02. The SMILES string of the molecule is CCCCCCN(C)C(C)c1cccc(N)c1. The first-order valence-electron chi connectivity index (χ1n) is 6.70. The summed E-state index contributed by atoms with van der Waals surface area (Å²) in [6, 6.07) is 8.65. The number of benzene rings is 1. The summed E-state index contributed by atoms with van der Waals surface area (Å²) in [4.78, 5) is 2.41. The summed E-state index contributed by atoms with van der Waals surface area (Å²) in [7, 11) is 2.19. The van der Waals surface area contributed by atoms with Crippen molar-refractivity contribution in [2.24, 2.45) is 0 Å². The van der Waals surface area contributed by atoms with Gasteiger partial charge in [-0.15, -0.1) is 0 Å². The molecule has 1 rings (SSSR count). The smallest absolute Gasteiger partial charge is 0.0317 e. The van der Waals surface area contributed by atoms with Gasteiger partial charge >= 0.3 is 0 Å². The molecule has 0 bridgehead atoms. The van der Waals surface area contributed by atoms with Crippen molar-refractivity contribution < 1.29 is 0 Å².